The second-order valence-corrected chi connectivity index (χ2v) is 4.35. The zero-order valence-electron chi connectivity index (χ0n) is 7.48. The average molecular weight is 142 g/mol. The van der Waals surface area contributed by atoms with Crippen molar-refractivity contribution in [1.29, 1.82) is 0 Å². The molecule has 2 unspecified atom stereocenters. The van der Waals surface area contributed by atoms with E-state index in [1.807, 2.05) is 0 Å². The maximum atomic E-state index is 5.42. The molecule has 0 aliphatic carbocycles. The summed E-state index contributed by atoms with van der Waals surface area (Å²) in [6.45, 7) is 10.1. The zero-order valence-corrected chi connectivity index (χ0v) is 7.48. The molecule has 1 heterocycles. The van der Waals surface area contributed by atoms with Crippen molar-refractivity contribution >= 4 is 0 Å². The van der Waals surface area contributed by atoms with E-state index in [1.54, 1.807) is 0 Å². The summed E-state index contributed by atoms with van der Waals surface area (Å²) in [6, 6.07) is 0. The Kier molecular flexibility index (Phi) is 2.04. The summed E-state index contributed by atoms with van der Waals surface area (Å²) in [5.74, 6) is 0.696. The highest BCUT2D eigenvalue weighted by molar-refractivity contribution is 4.81. The van der Waals surface area contributed by atoms with Crippen LogP contribution in [0.5, 0.6) is 0 Å². The quantitative estimate of drug-likeness (QED) is 0.546. The van der Waals surface area contributed by atoms with E-state index in [4.69, 9.17) is 4.74 Å². The Hall–Kier alpha value is -0.0400. The normalized spacial score (nSPS) is 29.4. The third kappa shape index (κ3) is 1.51. The summed E-state index contributed by atoms with van der Waals surface area (Å²) >= 11 is 0. The van der Waals surface area contributed by atoms with Crippen molar-refractivity contribution in [2.45, 2.75) is 40.2 Å². The van der Waals surface area contributed by atoms with E-state index in [-0.39, 0.29) is 0 Å². The van der Waals surface area contributed by atoms with Crippen molar-refractivity contribution in [2.75, 3.05) is 6.61 Å². The molecule has 0 aromatic rings. The Morgan fingerprint density at radius 3 is 2.00 bits per heavy atom. The molecule has 60 valence electrons. The van der Waals surface area contributed by atoms with Crippen molar-refractivity contribution in [2.24, 2.45) is 11.3 Å². The summed E-state index contributed by atoms with van der Waals surface area (Å²) in [6.07, 6.45) is 1.80. The van der Waals surface area contributed by atoms with Gasteiger partial charge in [0.25, 0.3) is 0 Å². The van der Waals surface area contributed by atoms with Crippen LogP contribution in [0.25, 0.3) is 0 Å². The van der Waals surface area contributed by atoms with E-state index in [9.17, 15) is 0 Å². The van der Waals surface area contributed by atoms with Gasteiger partial charge in [-0.2, -0.15) is 0 Å². The molecule has 0 aromatic heterocycles. The first-order valence-corrected chi connectivity index (χ1v) is 4.13. The predicted molar refractivity (Wildman–Crippen MR) is 43.0 cm³/mol. The highest BCUT2D eigenvalue weighted by Gasteiger charge is 2.32. The highest BCUT2D eigenvalue weighted by atomic mass is 16.5. The van der Waals surface area contributed by atoms with Crippen molar-refractivity contribution in [3.8, 4) is 0 Å². The summed E-state index contributed by atoms with van der Waals surface area (Å²) in [5, 5.41) is 0. The minimum absolute atomic E-state index is 0.408. The highest BCUT2D eigenvalue weighted by Crippen LogP contribution is 2.34. The van der Waals surface area contributed by atoms with E-state index in [2.05, 4.69) is 27.7 Å². The standard InChI is InChI=1S/C9H18O/c1-7(9(2,3)4)8-5-6-10-8/h7-8H,5-6H2,1-4H3. The van der Waals surface area contributed by atoms with Crippen LogP contribution in [0.4, 0.5) is 0 Å². The number of rotatable bonds is 1. The maximum Gasteiger partial charge on any atom is 0.0627 e. The largest absolute Gasteiger partial charge is 0.378 e. The number of hydrogen-bond donors (Lipinski definition) is 0. The van der Waals surface area contributed by atoms with Gasteiger partial charge >= 0.3 is 0 Å². The number of hydrogen-bond acceptors (Lipinski definition) is 1. The van der Waals surface area contributed by atoms with Crippen LogP contribution >= 0.6 is 0 Å². The summed E-state index contributed by atoms with van der Waals surface area (Å²) in [7, 11) is 0. The van der Waals surface area contributed by atoms with Crippen LogP contribution in [0, 0.1) is 11.3 Å². The van der Waals surface area contributed by atoms with Gasteiger partial charge in [0.05, 0.1) is 6.10 Å². The molecule has 0 spiro atoms. The molecule has 1 aliphatic heterocycles. The van der Waals surface area contributed by atoms with E-state index in [0.717, 1.165) is 6.61 Å². The molecule has 1 rings (SSSR count). The van der Waals surface area contributed by atoms with Gasteiger partial charge in [0.2, 0.25) is 0 Å². The average Bonchev–Trinajstić information content (AvgIpc) is 1.57. The Morgan fingerprint density at radius 1 is 1.40 bits per heavy atom. The van der Waals surface area contributed by atoms with Gasteiger partial charge in [0, 0.05) is 6.61 Å². The van der Waals surface area contributed by atoms with Crippen LogP contribution in [0.3, 0.4) is 0 Å². The lowest BCUT2D eigenvalue weighted by Crippen LogP contribution is -2.39. The van der Waals surface area contributed by atoms with Crippen molar-refractivity contribution in [3.05, 3.63) is 0 Å². The fraction of sp³-hybridized carbons (Fsp3) is 1.00. The van der Waals surface area contributed by atoms with Crippen LogP contribution in [0.2, 0.25) is 0 Å². The lowest BCUT2D eigenvalue weighted by molar-refractivity contribution is -0.104. The Bertz CT molecular complexity index is 108. The first-order valence-electron chi connectivity index (χ1n) is 4.13. The van der Waals surface area contributed by atoms with Gasteiger partial charge in [-0.1, -0.05) is 27.7 Å². The topological polar surface area (TPSA) is 9.23 Å². The number of ether oxygens (including phenoxy) is 1. The Morgan fingerprint density at radius 2 is 1.90 bits per heavy atom. The van der Waals surface area contributed by atoms with Crippen molar-refractivity contribution in [3.63, 3.8) is 0 Å². The van der Waals surface area contributed by atoms with Gasteiger partial charge in [-0.05, 0) is 17.8 Å². The van der Waals surface area contributed by atoms with Crippen LogP contribution in [0.1, 0.15) is 34.1 Å². The molecule has 1 aliphatic rings. The van der Waals surface area contributed by atoms with Gasteiger partial charge in [0.15, 0.2) is 0 Å². The summed E-state index contributed by atoms with van der Waals surface area (Å²) in [5.41, 5.74) is 0.408. The minimum atomic E-state index is 0.408. The summed E-state index contributed by atoms with van der Waals surface area (Å²) in [4.78, 5) is 0. The third-order valence-corrected chi connectivity index (χ3v) is 2.66. The minimum Gasteiger partial charge on any atom is -0.378 e. The molecular weight excluding hydrogens is 124 g/mol. The molecule has 1 saturated heterocycles. The molecule has 1 heteroatoms. The van der Waals surface area contributed by atoms with Crippen molar-refractivity contribution in [1.82, 2.24) is 0 Å². The smallest absolute Gasteiger partial charge is 0.0627 e. The molecule has 0 radical (unpaired) electrons. The van der Waals surface area contributed by atoms with Gasteiger partial charge in [0.1, 0.15) is 0 Å². The second kappa shape index (κ2) is 2.54. The molecule has 0 aromatic carbocycles. The maximum absolute atomic E-state index is 5.42. The Labute approximate surface area is 63.8 Å². The molecule has 10 heavy (non-hydrogen) atoms. The SMILES string of the molecule is CC(C1CCO1)C(C)(C)C. The van der Waals surface area contributed by atoms with E-state index in [1.165, 1.54) is 6.42 Å². The lowest BCUT2D eigenvalue weighted by Gasteiger charge is -2.39. The van der Waals surface area contributed by atoms with Crippen LogP contribution in [-0.2, 0) is 4.74 Å². The van der Waals surface area contributed by atoms with E-state index in [0.29, 0.717) is 17.4 Å². The monoisotopic (exact) mass is 142 g/mol. The molecule has 0 saturated carbocycles. The van der Waals surface area contributed by atoms with Crippen molar-refractivity contribution < 1.29 is 4.74 Å². The first kappa shape index (κ1) is 8.06. The van der Waals surface area contributed by atoms with Gasteiger partial charge in [-0.25, -0.2) is 0 Å². The van der Waals surface area contributed by atoms with Crippen LogP contribution < -0.4 is 0 Å². The van der Waals surface area contributed by atoms with Gasteiger partial charge < -0.3 is 4.74 Å². The second-order valence-electron chi connectivity index (χ2n) is 4.35. The fourth-order valence-electron chi connectivity index (χ4n) is 1.21. The first-order chi connectivity index (χ1) is 4.52. The predicted octanol–water partition coefficient (Wildman–Crippen LogP) is 2.46. The van der Waals surface area contributed by atoms with Gasteiger partial charge in [-0.15, -0.1) is 0 Å². The van der Waals surface area contributed by atoms with Crippen LogP contribution in [0.15, 0.2) is 0 Å². The zero-order chi connectivity index (χ0) is 7.78. The molecule has 0 N–H and O–H groups in total. The molecule has 0 amide bonds. The lowest BCUT2D eigenvalue weighted by atomic mass is 9.77. The summed E-state index contributed by atoms with van der Waals surface area (Å²) < 4.78 is 5.42. The fourth-order valence-corrected chi connectivity index (χ4v) is 1.21. The molecular formula is C9H18O. The molecule has 1 fully saturated rings. The molecule has 2 atom stereocenters. The molecule has 1 nitrogen and oxygen atoms in total. The Balaban J connectivity index is 2.39. The van der Waals surface area contributed by atoms with Gasteiger partial charge in [-0.3, -0.25) is 0 Å². The molecule has 0 bridgehead atoms. The van der Waals surface area contributed by atoms with E-state index >= 15 is 0 Å². The van der Waals surface area contributed by atoms with E-state index < -0.39 is 0 Å². The third-order valence-electron chi connectivity index (χ3n) is 2.66. The van der Waals surface area contributed by atoms with Crippen LogP contribution in [-0.4, -0.2) is 12.7 Å².